The van der Waals surface area contributed by atoms with Gasteiger partial charge in [-0.1, -0.05) is 13.8 Å². The number of rotatable bonds is 6. The van der Waals surface area contributed by atoms with E-state index in [0.29, 0.717) is 26.2 Å². The van der Waals surface area contributed by atoms with Gasteiger partial charge in [0.2, 0.25) is 5.91 Å². The SMILES string of the molecule is CC(C)[C@H](NC(=O)c1ccco1)C(=O)N1CCN(c2ccc([N+](=O)[O-])cc2)CC1. The lowest BCUT2D eigenvalue weighted by atomic mass is 10.0. The van der Waals surface area contributed by atoms with Gasteiger partial charge in [-0.15, -0.1) is 0 Å². The van der Waals surface area contributed by atoms with E-state index in [-0.39, 0.29) is 23.3 Å². The van der Waals surface area contributed by atoms with Gasteiger partial charge < -0.3 is 19.5 Å². The molecule has 29 heavy (non-hydrogen) atoms. The van der Waals surface area contributed by atoms with Crippen molar-refractivity contribution < 1.29 is 18.9 Å². The topological polar surface area (TPSA) is 109 Å². The maximum Gasteiger partial charge on any atom is 0.287 e. The Labute approximate surface area is 168 Å². The smallest absolute Gasteiger partial charge is 0.287 e. The molecule has 0 spiro atoms. The molecule has 2 amide bonds. The Morgan fingerprint density at radius 1 is 1.10 bits per heavy atom. The van der Waals surface area contributed by atoms with Gasteiger partial charge in [0.25, 0.3) is 11.6 Å². The number of hydrogen-bond donors (Lipinski definition) is 1. The van der Waals surface area contributed by atoms with Crippen molar-refractivity contribution in [3.8, 4) is 0 Å². The third kappa shape index (κ3) is 4.74. The number of piperazine rings is 1. The van der Waals surface area contributed by atoms with Gasteiger partial charge in [-0.25, -0.2) is 0 Å². The summed E-state index contributed by atoms with van der Waals surface area (Å²) < 4.78 is 5.10. The summed E-state index contributed by atoms with van der Waals surface area (Å²) in [5, 5.41) is 13.6. The summed E-state index contributed by atoms with van der Waals surface area (Å²) in [6, 6.07) is 8.93. The highest BCUT2D eigenvalue weighted by atomic mass is 16.6. The Kier molecular flexibility index (Phi) is 6.16. The highest BCUT2D eigenvalue weighted by Gasteiger charge is 2.31. The van der Waals surface area contributed by atoms with Crippen LogP contribution in [0.5, 0.6) is 0 Å². The van der Waals surface area contributed by atoms with Crippen LogP contribution in [-0.2, 0) is 4.79 Å². The fourth-order valence-electron chi connectivity index (χ4n) is 3.30. The van der Waals surface area contributed by atoms with Crippen LogP contribution in [0.3, 0.4) is 0 Å². The Hall–Kier alpha value is -3.36. The van der Waals surface area contributed by atoms with E-state index >= 15 is 0 Å². The summed E-state index contributed by atoms with van der Waals surface area (Å²) in [6.45, 7) is 6.02. The second-order valence-corrected chi connectivity index (χ2v) is 7.26. The average Bonchev–Trinajstić information content (AvgIpc) is 3.26. The number of carbonyl (C=O) groups is 2. The van der Waals surface area contributed by atoms with Gasteiger partial charge in [0, 0.05) is 44.0 Å². The van der Waals surface area contributed by atoms with Gasteiger partial charge in [-0.2, -0.15) is 0 Å². The van der Waals surface area contributed by atoms with Gasteiger partial charge in [-0.05, 0) is 30.2 Å². The number of amides is 2. The molecule has 3 rings (SSSR count). The molecule has 1 aliphatic heterocycles. The highest BCUT2D eigenvalue weighted by Crippen LogP contribution is 2.21. The van der Waals surface area contributed by atoms with E-state index in [2.05, 4.69) is 10.2 Å². The van der Waals surface area contributed by atoms with Crippen LogP contribution in [0.4, 0.5) is 11.4 Å². The van der Waals surface area contributed by atoms with Crippen LogP contribution in [0.2, 0.25) is 0 Å². The molecule has 9 nitrogen and oxygen atoms in total. The number of nitro groups is 1. The number of nitro benzene ring substituents is 1. The normalized spacial score (nSPS) is 15.3. The molecule has 9 heteroatoms. The molecule has 0 aliphatic carbocycles. The number of nitrogens with zero attached hydrogens (tertiary/aromatic N) is 3. The van der Waals surface area contributed by atoms with Crippen LogP contribution in [0.1, 0.15) is 24.4 Å². The number of furan rings is 1. The van der Waals surface area contributed by atoms with Gasteiger partial charge in [-0.3, -0.25) is 19.7 Å². The van der Waals surface area contributed by atoms with E-state index in [9.17, 15) is 19.7 Å². The fourth-order valence-corrected chi connectivity index (χ4v) is 3.30. The molecular formula is C20H24N4O5. The van der Waals surface area contributed by atoms with Crippen LogP contribution in [-0.4, -0.2) is 53.9 Å². The zero-order valence-electron chi connectivity index (χ0n) is 16.4. The molecule has 0 unspecified atom stereocenters. The standard InChI is InChI=1S/C20H24N4O5/c1-14(2)18(21-19(25)17-4-3-13-29-17)20(26)23-11-9-22(10-12-23)15-5-7-16(8-6-15)24(27)28/h3-8,13-14,18H,9-12H2,1-2H3,(H,21,25)/t18-/m0/s1. The Bertz CT molecular complexity index is 856. The first-order valence-electron chi connectivity index (χ1n) is 9.49. The Morgan fingerprint density at radius 3 is 2.28 bits per heavy atom. The monoisotopic (exact) mass is 400 g/mol. The molecule has 1 aliphatic rings. The maximum absolute atomic E-state index is 13.0. The molecule has 1 aromatic heterocycles. The van der Waals surface area contributed by atoms with Crippen molar-refractivity contribution in [3.05, 3.63) is 58.5 Å². The van der Waals surface area contributed by atoms with Gasteiger partial charge in [0.1, 0.15) is 6.04 Å². The molecule has 0 bridgehead atoms. The molecule has 1 N–H and O–H groups in total. The van der Waals surface area contributed by atoms with Gasteiger partial charge in [0.05, 0.1) is 11.2 Å². The molecule has 1 fully saturated rings. The number of non-ortho nitro benzene ring substituents is 1. The lowest BCUT2D eigenvalue weighted by Gasteiger charge is -2.38. The molecule has 0 radical (unpaired) electrons. The first kappa shape index (κ1) is 20.4. The fraction of sp³-hybridized carbons (Fsp3) is 0.400. The highest BCUT2D eigenvalue weighted by molar-refractivity contribution is 5.95. The Balaban J connectivity index is 1.60. The van der Waals surface area contributed by atoms with Crippen LogP contribution < -0.4 is 10.2 Å². The van der Waals surface area contributed by atoms with Crippen molar-refractivity contribution in [2.24, 2.45) is 5.92 Å². The minimum Gasteiger partial charge on any atom is -0.459 e. The number of nitrogens with one attached hydrogen (secondary N) is 1. The summed E-state index contributed by atoms with van der Waals surface area (Å²) in [7, 11) is 0. The van der Waals surface area contributed by atoms with E-state index in [1.165, 1.54) is 18.4 Å². The van der Waals surface area contributed by atoms with E-state index in [4.69, 9.17) is 4.42 Å². The van der Waals surface area contributed by atoms with Crippen LogP contribution in [0.15, 0.2) is 47.1 Å². The van der Waals surface area contributed by atoms with E-state index in [1.807, 2.05) is 13.8 Å². The molecule has 2 heterocycles. The summed E-state index contributed by atoms with van der Waals surface area (Å²) in [6.07, 6.45) is 1.42. The predicted octanol–water partition coefficient (Wildman–Crippen LogP) is 2.29. The minimum atomic E-state index is -0.640. The summed E-state index contributed by atoms with van der Waals surface area (Å²) in [5.41, 5.74) is 0.934. The van der Waals surface area contributed by atoms with Crippen molar-refractivity contribution in [1.29, 1.82) is 0 Å². The number of hydrogen-bond acceptors (Lipinski definition) is 6. The first-order chi connectivity index (χ1) is 13.9. The summed E-state index contributed by atoms with van der Waals surface area (Å²) in [4.78, 5) is 39.5. The zero-order chi connectivity index (χ0) is 21.0. The quantitative estimate of drug-likeness (QED) is 0.589. The molecule has 1 atom stereocenters. The molecule has 2 aromatic rings. The van der Waals surface area contributed by atoms with Crippen molar-refractivity contribution in [2.75, 3.05) is 31.1 Å². The predicted molar refractivity (Wildman–Crippen MR) is 107 cm³/mol. The molecule has 154 valence electrons. The average molecular weight is 400 g/mol. The van der Waals surface area contributed by atoms with E-state index in [1.54, 1.807) is 29.2 Å². The van der Waals surface area contributed by atoms with Crippen LogP contribution >= 0.6 is 0 Å². The first-order valence-corrected chi connectivity index (χ1v) is 9.49. The minimum absolute atomic E-state index is 0.0506. The summed E-state index contributed by atoms with van der Waals surface area (Å²) >= 11 is 0. The van der Waals surface area contributed by atoms with Crippen molar-refractivity contribution in [1.82, 2.24) is 10.2 Å². The van der Waals surface area contributed by atoms with Crippen molar-refractivity contribution in [2.45, 2.75) is 19.9 Å². The number of benzene rings is 1. The van der Waals surface area contributed by atoms with Crippen molar-refractivity contribution >= 4 is 23.2 Å². The van der Waals surface area contributed by atoms with Gasteiger partial charge in [0.15, 0.2) is 5.76 Å². The zero-order valence-corrected chi connectivity index (χ0v) is 16.4. The van der Waals surface area contributed by atoms with Crippen molar-refractivity contribution in [3.63, 3.8) is 0 Å². The third-order valence-corrected chi connectivity index (χ3v) is 4.98. The third-order valence-electron chi connectivity index (χ3n) is 4.98. The lowest BCUT2D eigenvalue weighted by molar-refractivity contribution is -0.384. The molecule has 1 saturated heterocycles. The van der Waals surface area contributed by atoms with Crippen LogP contribution in [0.25, 0.3) is 0 Å². The molecule has 0 saturated carbocycles. The molecule has 1 aromatic carbocycles. The van der Waals surface area contributed by atoms with Gasteiger partial charge >= 0.3 is 0 Å². The Morgan fingerprint density at radius 2 is 1.76 bits per heavy atom. The second kappa shape index (κ2) is 8.76. The number of anilines is 1. The largest absolute Gasteiger partial charge is 0.459 e. The molecular weight excluding hydrogens is 376 g/mol. The lowest BCUT2D eigenvalue weighted by Crippen LogP contribution is -2.56. The van der Waals surface area contributed by atoms with E-state index in [0.717, 1.165) is 5.69 Å². The number of carbonyl (C=O) groups excluding carboxylic acids is 2. The maximum atomic E-state index is 13.0. The van der Waals surface area contributed by atoms with Crippen LogP contribution in [0, 0.1) is 16.0 Å². The summed E-state index contributed by atoms with van der Waals surface area (Å²) in [5.74, 6) is -0.435. The van der Waals surface area contributed by atoms with E-state index < -0.39 is 16.9 Å². The second-order valence-electron chi connectivity index (χ2n) is 7.26.